The first-order chi connectivity index (χ1) is 12.7. The summed E-state index contributed by atoms with van der Waals surface area (Å²) in [5.41, 5.74) is 3.52. The molecule has 0 unspecified atom stereocenters. The maximum atomic E-state index is 12.2. The standard InChI is InChI=1S/C21H27N3OS/c1-15-2-4-17(5-3-15)22-21(25)23-18-6-8-19(9-7-18)24-12-10-20-16(14-24)11-13-26-20/h6-9,11,13,15,17H,2-5,10,12,14H2,1H3,(H2,22,23,25). The Morgan fingerprint density at radius 1 is 1.12 bits per heavy atom. The molecule has 1 aliphatic heterocycles. The van der Waals surface area contributed by atoms with E-state index in [1.54, 1.807) is 0 Å². The number of nitrogens with zero attached hydrogens (tertiary/aromatic N) is 1. The number of hydrogen-bond donors (Lipinski definition) is 2. The Balaban J connectivity index is 1.31. The third-order valence-corrected chi connectivity index (χ3v) is 6.67. The number of thiophene rings is 1. The molecule has 4 rings (SSSR count). The minimum Gasteiger partial charge on any atom is -0.367 e. The van der Waals surface area contributed by atoms with Crippen molar-refractivity contribution in [3.05, 3.63) is 46.2 Å². The van der Waals surface area contributed by atoms with Gasteiger partial charge in [-0.15, -0.1) is 11.3 Å². The SMILES string of the molecule is CC1CCC(NC(=O)Nc2ccc(N3CCc4sccc4C3)cc2)CC1. The highest BCUT2D eigenvalue weighted by Gasteiger charge is 2.20. The van der Waals surface area contributed by atoms with Gasteiger partial charge in [-0.25, -0.2) is 4.79 Å². The zero-order valence-corrected chi connectivity index (χ0v) is 16.1. The molecular formula is C21H27N3OS. The average molecular weight is 370 g/mol. The molecule has 26 heavy (non-hydrogen) atoms. The Morgan fingerprint density at radius 3 is 2.65 bits per heavy atom. The fourth-order valence-electron chi connectivity index (χ4n) is 3.98. The van der Waals surface area contributed by atoms with Gasteiger partial charge in [0.25, 0.3) is 0 Å². The van der Waals surface area contributed by atoms with Gasteiger partial charge < -0.3 is 15.5 Å². The van der Waals surface area contributed by atoms with E-state index in [1.807, 2.05) is 23.5 Å². The van der Waals surface area contributed by atoms with Gasteiger partial charge in [0.15, 0.2) is 0 Å². The predicted octanol–water partition coefficient (Wildman–Crippen LogP) is 5.01. The molecule has 5 heteroatoms. The third kappa shape index (κ3) is 4.04. The van der Waals surface area contributed by atoms with Gasteiger partial charge in [0.05, 0.1) is 0 Å². The molecule has 2 heterocycles. The molecule has 1 aromatic carbocycles. The van der Waals surface area contributed by atoms with Crippen molar-refractivity contribution in [1.82, 2.24) is 5.32 Å². The van der Waals surface area contributed by atoms with Crippen molar-refractivity contribution < 1.29 is 4.79 Å². The fraction of sp³-hybridized carbons (Fsp3) is 0.476. The molecular weight excluding hydrogens is 342 g/mol. The maximum Gasteiger partial charge on any atom is 0.319 e. The molecule has 0 radical (unpaired) electrons. The van der Waals surface area contributed by atoms with Crippen LogP contribution in [0.1, 0.15) is 43.0 Å². The molecule has 1 aliphatic carbocycles. The highest BCUT2D eigenvalue weighted by molar-refractivity contribution is 7.10. The van der Waals surface area contributed by atoms with Crippen LogP contribution in [0.5, 0.6) is 0 Å². The number of hydrogen-bond acceptors (Lipinski definition) is 3. The summed E-state index contributed by atoms with van der Waals surface area (Å²) in [4.78, 5) is 16.2. The van der Waals surface area contributed by atoms with Crippen molar-refractivity contribution >= 4 is 28.7 Å². The van der Waals surface area contributed by atoms with Crippen LogP contribution in [0.25, 0.3) is 0 Å². The number of anilines is 2. The van der Waals surface area contributed by atoms with E-state index < -0.39 is 0 Å². The number of nitrogens with one attached hydrogen (secondary N) is 2. The lowest BCUT2D eigenvalue weighted by Crippen LogP contribution is -2.39. The number of rotatable bonds is 3. The molecule has 0 spiro atoms. The Kier molecular flexibility index (Phi) is 5.16. The number of urea groups is 1. The molecule has 0 bridgehead atoms. The van der Waals surface area contributed by atoms with Crippen molar-refractivity contribution in [2.45, 2.75) is 51.6 Å². The summed E-state index contributed by atoms with van der Waals surface area (Å²) < 4.78 is 0. The monoisotopic (exact) mass is 369 g/mol. The Morgan fingerprint density at radius 2 is 1.88 bits per heavy atom. The van der Waals surface area contributed by atoms with Gasteiger partial charge in [0.2, 0.25) is 0 Å². The van der Waals surface area contributed by atoms with Gasteiger partial charge in [-0.3, -0.25) is 0 Å². The van der Waals surface area contributed by atoms with Crippen LogP contribution >= 0.6 is 11.3 Å². The summed E-state index contributed by atoms with van der Waals surface area (Å²) in [6.45, 7) is 4.33. The summed E-state index contributed by atoms with van der Waals surface area (Å²) in [6.07, 6.45) is 5.72. The van der Waals surface area contributed by atoms with Gasteiger partial charge in [0, 0.05) is 35.4 Å². The zero-order valence-electron chi connectivity index (χ0n) is 15.3. The topological polar surface area (TPSA) is 44.4 Å². The summed E-state index contributed by atoms with van der Waals surface area (Å²) >= 11 is 1.86. The fourth-order valence-corrected chi connectivity index (χ4v) is 4.87. The van der Waals surface area contributed by atoms with Crippen molar-refractivity contribution in [1.29, 1.82) is 0 Å². The minimum atomic E-state index is -0.0850. The van der Waals surface area contributed by atoms with Crippen molar-refractivity contribution in [3.8, 4) is 0 Å². The number of carbonyl (C=O) groups is 1. The third-order valence-electron chi connectivity index (χ3n) is 5.65. The molecule has 2 aliphatic rings. The van der Waals surface area contributed by atoms with Crippen LogP contribution in [0.4, 0.5) is 16.2 Å². The highest BCUT2D eigenvalue weighted by atomic mass is 32.1. The van der Waals surface area contributed by atoms with E-state index in [0.717, 1.165) is 44.0 Å². The maximum absolute atomic E-state index is 12.2. The van der Waals surface area contributed by atoms with E-state index in [4.69, 9.17) is 0 Å². The van der Waals surface area contributed by atoms with E-state index in [0.29, 0.717) is 6.04 Å². The molecule has 2 aromatic rings. The van der Waals surface area contributed by atoms with Gasteiger partial charge in [0.1, 0.15) is 0 Å². The van der Waals surface area contributed by atoms with Crippen LogP contribution in [-0.4, -0.2) is 18.6 Å². The van der Waals surface area contributed by atoms with Gasteiger partial charge in [-0.1, -0.05) is 6.92 Å². The van der Waals surface area contributed by atoms with Crippen LogP contribution in [0.3, 0.4) is 0 Å². The highest BCUT2D eigenvalue weighted by Crippen LogP contribution is 2.28. The lowest BCUT2D eigenvalue weighted by molar-refractivity contribution is 0.239. The predicted molar refractivity (Wildman–Crippen MR) is 109 cm³/mol. The number of amides is 2. The van der Waals surface area contributed by atoms with Crippen molar-refractivity contribution in [3.63, 3.8) is 0 Å². The first kappa shape index (κ1) is 17.4. The van der Waals surface area contributed by atoms with Crippen LogP contribution in [0.2, 0.25) is 0 Å². The largest absolute Gasteiger partial charge is 0.367 e. The van der Waals surface area contributed by atoms with Crippen LogP contribution in [-0.2, 0) is 13.0 Å². The summed E-state index contributed by atoms with van der Waals surface area (Å²) in [7, 11) is 0. The molecule has 1 fully saturated rings. The lowest BCUT2D eigenvalue weighted by atomic mass is 9.87. The molecule has 4 nitrogen and oxygen atoms in total. The molecule has 2 amide bonds. The summed E-state index contributed by atoms with van der Waals surface area (Å²) in [5, 5.41) is 8.28. The first-order valence-electron chi connectivity index (χ1n) is 9.65. The molecule has 138 valence electrons. The zero-order chi connectivity index (χ0) is 17.9. The van der Waals surface area contributed by atoms with Gasteiger partial charge in [-0.05, 0) is 79.3 Å². The lowest BCUT2D eigenvalue weighted by Gasteiger charge is -2.29. The second-order valence-electron chi connectivity index (χ2n) is 7.64. The van der Waals surface area contributed by atoms with Crippen molar-refractivity contribution in [2.24, 2.45) is 5.92 Å². The number of carbonyl (C=O) groups excluding carboxylic acids is 1. The molecule has 2 N–H and O–H groups in total. The Bertz CT molecular complexity index is 747. The van der Waals surface area contributed by atoms with E-state index in [9.17, 15) is 4.79 Å². The van der Waals surface area contributed by atoms with Crippen LogP contribution in [0, 0.1) is 5.92 Å². The minimum absolute atomic E-state index is 0.0850. The summed E-state index contributed by atoms with van der Waals surface area (Å²) in [6, 6.07) is 10.7. The Labute approximate surface area is 159 Å². The van der Waals surface area contributed by atoms with E-state index >= 15 is 0 Å². The smallest absolute Gasteiger partial charge is 0.319 e. The quantitative estimate of drug-likeness (QED) is 0.799. The van der Waals surface area contributed by atoms with E-state index in [1.165, 1.54) is 29.0 Å². The normalized spacial score (nSPS) is 22.6. The molecule has 1 aromatic heterocycles. The van der Waals surface area contributed by atoms with Crippen LogP contribution < -0.4 is 15.5 Å². The van der Waals surface area contributed by atoms with Gasteiger partial charge in [-0.2, -0.15) is 0 Å². The molecule has 0 saturated heterocycles. The second-order valence-corrected chi connectivity index (χ2v) is 8.64. The molecule has 0 atom stereocenters. The van der Waals surface area contributed by atoms with E-state index in [-0.39, 0.29) is 6.03 Å². The van der Waals surface area contributed by atoms with Gasteiger partial charge >= 0.3 is 6.03 Å². The number of fused-ring (bicyclic) bond motifs is 1. The first-order valence-corrected chi connectivity index (χ1v) is 10.5. The number of benzene rings is 1. The summed E-state index contributed by atoms with van der Waals surface area (Å²) in [5.74, 6) is 0.795. The second kappa shape index (κ2) is 7.70. The van der Waals surface area contributed by atoms with Crippen molar-refractivity contribution in [2.75, 3.05) is 16.8 Å². The Hall–Kier alpha value is -2.01. The average Bonchev–Trinajstić information content (AvgIpc) is 3.12. The van der Waals surface area contributed by atoms with E-state index in [2.05, 4.69) is 46.0 Å². The van der Waals surface area contributed by atoms with Crippen LogP contribution in [0.15, 0.2) is 35.7 Å². The molecule has 1 saturated carbocycles.